The Kier molecular flexibility index (Phi) is 55.9. The van der Waals surface area contributed by atoms with Crippen molar-refractivity contribution in [3.05, 3.63) is 24.3 Å². The van der Waals surface area contributed by atoms with Gasteiger partial charge in [-0.3, -0.25) is 13.8 Å². The monoisotopic (exact) mass is 1070 g/mol. The summed E-state index contributed by atoms with van der Waals surface area (Å²) in [6, 6.07) is -0.861. The van der Waals surface area contributed by atoms with Crippen LogP contribution >= 0.6 is 7.82 Å². The van der Waals surface area contributed by atoms with Gasteiger partial charge in [-0.2, -0.15) is 0 Å². The first-order valence-electron chi connectivity index (χ1n) is 32.7. The number of phosphoric ester groups is 1. The van der Waals surface area contributed by atoms with E-state index in [-0.39, 0.29) is 19.1 Å². The highest BCUT2D eigenvalue weighted by Crippen LogP contribution is 2.43. The van der Waals surface area contributed by atoms with Gasteiger partial charge in [-0.1, -0.05) is 321 Å². The highest BCUT2D eigenvalue weighted by molar-refractivity contribution is 7.47. The number of likely N-dealkylation sites (N-methyl/N-ethyl adjacent to an activating group) is 1. The number of allylic oxidation sites excluding steroid dienone is 3. The van der Waals surface area contributed by atoms with E-state index in [9.17, 15) is 19.4 Å². The second-order valence-corrected chi connectivity index (χ2v) is 25.3. The highest BCUT2D eigenvalue weighted by Gasteiger charge is 2.28. The minimum atomic E-state index is -4.36. The van der Waals surface area contributed by atoms with Gasteiger partial charge < -0.3 is 19.8 Å². The van der Waals surface area contributed by atoms with Gasteiger partial charge in [0.25, 0.3) is 0 Å². The number of rotatable bonds is 61. The van der Waals surface area contributed by atoms with Crippen LogP contribution in [0.25, 0.3) is 0 Å². The van der Waals surface area contributed by atoms with E-state index in [1.807, 2.05) is 27.2 Å². The van der Waals surface area contributed by atoms with E-state index in [1.165, 1.54) is 276 Å². The zero-order valence-corrected chi connectivity index (χ0v) is 51.3. The fourth-order valence-corrected chi connectivity index (χ4v) is 10.8. The van der Waals surface area contributed by atoms with Crippen molar-refractivity contribution < 1.29 is 32.9 Å². The molecule has 3 atom stereocenters. The van der Waals surface area contributed by atoms with Crippen molar-refractivity contribution in [3.8, 4) is 0 Å². The number of carbonyl (C=O) groups excluding carboxylic acids is 1. The van der Waals surface area contributed by atoms with Crippen molar-refractivity contribution in [1.82, 2.24) is 5.32 Å². The number of phosphoric acid groups is 1. The summed E-state index contributed by atoms with van der Waals surface area (Å²) in [4.78, 5) is 23.4. The van der Waals surface area contributed by atoms with Crippen LogP contribution in [-0.2, 0) is 18.4 Å². The SMILES string of the molecule is CCCCCCCCCCCCCCCCCCCC/C=C/CC/C=C/C(O)C(COP(=O)(O)OCC[N+](C)(C)C)NC(=O)CCCCCCCCCCCCCCCCCCCCCCCCCCCCCC. The van der Waals surface area contributed by atoms with Crippen molar-refractivity contribution in [3.63, 3.8) is 0 Å². The summed E-state index contributed by atoms with van der Waals surface area (Å²) < 4.78 is 23.8. The molecule has 0 rings (SSSR count). The molecule has 0 heterocycles. The van der Waals surface area contributed by atoms with E-state index < -0.39 is 20.0 Å². The van der Waals surface area contributed by atoms with Crippen molar-refractivity contribution in [2.75, 3.05) is 40.9 Å². The molecule has 0 spiro atoms. The molecule has 3 N–H and O–H groups in total. The molecule has 0 bridgehead atoms. The molecule has 3 unspecified atom stereocenters. The number of nitrogens with one attached hydrogen (secondary N) is 1. The molecule has 0 aliphatic heterocycles. The van der Waals surface area contributed by atoms with Crippen molar-refractivity contribution in [1.29, 1.82) is 0 Å². The number of quaternary nitrogens is 1. The second-order valence-electron chi connectivity index (χ2n) is 23.8. The molecule has 9 heteroatoms. The Hall–Kier alpha value is -1.02. The summed E-state index contributed by atoms with van der Waals surface area (Å²) in [5.74, 6) is -0.179. The molecule has 0 aromatic carbocycles. The predicted molar refractivity (Wildman–Crippen MR) is 323 cm³/mol. The first-order valence-corrected chi connectivity index (χ1v) is 34.2. The molecule has 0 aromatic rings. The molecule has 0 radical (unpaired) electrons. The number of carbonyl (C=O) groups is 1. The van der Waals surface area contributed by atoms with E-state index in [0.717, 1.165) is 38.5 Å². The van der Waals surface area contributed by atoms with Gasteiger partial charge in [0.1, 0.15) is 13.2 Å². The summed E-state index contributed by atoms with van der Waals surface area (Å²) in [7, 11) is 1.57. The van der Waals surface area contributed by atoms with Crippen LogP contribution in [0.3, 0.4) is 0 Å². The van der Waals surface area contributed by atoms with Crippen LogP contribution < -0.4 is 5.32 Å². The van der Waals surface area contributed by atoms with Gasteiger partial charge >= 0.3 is 7.82 Å². The fraction of sp³-hybridized carbons (Fsp3) is 0.923. The standard InChI is InChI=1S/C65H129N2O6P/c1-6-8-10-12-14-16-18-20-22-24-26-28-30-32-33-34-35-37-39-41-43-45-47-49-51-53-55-57-59-65(69)66-63(62-73-74(70,71)72-61-60-67(3,4)5)64(68)58-56-54-52-50-48-46-44-42-40-38-36-31-29-27-25-23-21-19-17-15-13-11-9-7-2/h48,50,56,58,63-64,68H,6-47,49,51-55,57,59-62H2,1-5H3,(H-,66,69,70,71)/p+1/b50-48+,58-56+. The minimum Gasteiger partial charge on any atom is -0.387 e. The van der Waals surface area contributed by atoms with E-state index in [2.05, 4.69) is 31.3 Å². The molecular weight excluding hydrogens is 936 g/mol. The van der Waals surface area contributed by atoms with Crippen LogP contribution in [0.5, 0.6) is 0 Å². The third kappa shape index (κ3) is 58.7. The lowest BCUT2D eigenvalue weighted by Gasteiger charge is -2.25. The third-order valence-electron chi connectivity index (χ3n) is 15.2. The Morgan fingerprint density at radius 2 is 0.743 bits per heavy atom. The number of aliphatic hydroxyl groups is 1. The van der Waals surface area contributed by atoms with Gasteiger partial charge in [0, 0.05) is 6.42 Å². The van der Waals surface area contributed by atoms with Crippen LogP contribution in [-0.4, -0.2) is 73.4 Å². The number of nitrogens with zero attached hydrogens (tertiary/aromatic N) is 1. The maximum absolute atomic E-state index is 13.0. The van der Waals surface area contributed by atoms with Crippen LogP contribution in [0.1, 0.15) is 335 Å². The molecule has 440 valence electrons. The Balaban J connectivity index is 4.11. The van der Waals surface area contributed by atoms with E-state index in [0.29, 0.717) is 17.4 Å². The number of hydrogen-bond acceptors (Lipinski definition) is 5. The summed E-state index contributed by atoms with van der Waals surface area (Å²) in [5, 5.41) is 14.0. The number of amides is 1. The molecule has 0 aromatic heterocycles. The molecule has 0 saturated heterocycles. The lowest BCUT2D eigenvalue weighted by atomic mass is 10.0. The quantitative estimate of drug-likeness (QED) is 0.0243. The van der Waals surface area contributed by atoms with Gasteiger partial charge in [0.05, 0.1) is 39.9 Å². The topological polar surface area (TPSA) is 105 Å². The fourth-order valence-electron chi connectivity index (χ4n) is 10.1. The molecular formula is C65H130N2O6P+. The maximum Gasteiger partial charge on any atom is 0.472 e. The largest absolute Gasteiger partial charge is 0.472 e. The van der Waals surface area contributed by atoms with Crippen LogP contribution in [0.15, 0.2) is 24.3 Å². The van der Waals surface area contributed by atoms with Crippen molar-refractivity contribution >= 4 is 13.7 Å². The summed E-state index contributed by atoms with van der Waals surface area (Å²) in [6.45, 7) is 4.86. The summed E-state index contributed by atoms with van der Waals surface area (Å²) >= 11 is 0. The molecule has 74 heavy (non-hydrogen) atoms. The predicted octanol–water partition coefficient (Wildman–Crippen LogP) is 20.3. The average Bonchev–Trinajstić information content (AvgIpc) is 3.36. The number of aliphatic hydroxyl groups excluding tert-OH is 1. The zero-order valence-electron chi connectivity index (χ0n) is 50.4. The van der Waals surface area contributed by atoms with Crippen LogP contribution in [0.4, 0.5) is 0 Å². The third-order valence-corrected chi connectivity index (χ3v) is 16.2. The Bertz CT molecular complexity index is 1260. The lowest BCUT2D eigenvalue weighted by Crippen LogP contribution is -2.45. The molecule has 1 amide bonds. The Morgan fingerprint density at radius 3 is 1.08 bits per heavy atom. The Morgan fingerprint density at radius 1 is 0.446 bits per heavy atom. The smallest absolute Gasteiger partial charge is 0.387 e. The van der Waals surface area contributed by atoms with Crippen molar-refractivity contribution in [2.24, 2.45) is 0 Å². The molecule has 0 aliphatic rings. The van der Waals surface area contributed by atoms with E-state index in [1.54, 1.807) is 6.08 Å². The minimum absolute atomic E-state index is 0.0590. The second kappa shape index (κ2) is 56.7. The van der Waals surface area contributed by atoms with E-state index >= 15 is 0 Å². The van der Waals surface area contributed by atoms with Gasteiger partial charge in [-0.25, -0.2) is 4.57 Å². The van der Waals surface area contributed by atoms with Crippen LogP contribution in [0, 0.1) is 0 Å². The number of hydrogen-bond donors (Lipinski definition) is 3. The molecule has 8 nitrogen and oxygen atoms in total. The first kappa shape index (κ1) is 73.0. The Labute approximate surface area is 462 Å². The average molecular weight is 1070 g/mol. The van der Waals surface area contributed by atoms with Gasteiger partial charge in [-0.15, -0.1) is 0 Å². The lowest BCUT2D eigenvalue weighted by molar-refractivity contribution is -0.870. The van der Waals surface area contributed by atoms with Crippen LogP contribution in [0.2, 0.25) is 0 Å². The first-order chi connectivity index (χ1) is 36.0. The molecule has 0 saturated carbocycles. The zero-order chi connectivity index (χ0) is 54.2. The van der Waals surface area contributed by atoms with Gasteiger partial charge in [0.15, 0.2) is 0 Å². The molecule has 0 fully saturated rings. The van der Waals surface area contributed by atoms with E-state index in [4.69, 9.17) is 9.05 Å². The van der Waals surface area contributed by atoms with Gasteiger partial charge in [0.2, 0.25) is 5.91 Å². The summed E-state index contributed by atoms with van der Waals surface area (Å²) in [5.41, 5.74) is 0. The van der Waals surface area contributed by atoms with Gasteiger partial charge in [-0.05, 0) is 32.1 Å². The summed E-state index contributed by atoms with van der Waals surface area (Å²) in [6.07, 6.45) is 73.2. The normalized spacial score (nSPS) is 13.9. The maximum atomic E-state index is 13.0. The number of unbranched alkanes of at least 4 members (excludes halogenated alkanes) is 46. The molecule has 0 aliphatic carbocycles. The highest BCUT2D eigenvalue weighted by atomic mass is 31.2. The van der Waals surface area contributed by atoms with Crippen molar-refractivity contribution in [2.45, 2.75) is 347 Å².